The fourth-order valence-electron chi connectivity index (χ4n) is 2.32. The fourth-order valence-corrected chi connectivity index (χ4v) is 2.32. The summed E-state index contributed by atoms with van der Waals surface area (Å²) in [5.74, 6) is 0.234. The van der Waals surface area contributed by atoms with Gasteiger partial charge in [0.2, 0.25) is 5.88 Å². The lowest BCUT2D eigenvalue weighted by Crippen LogP contribution is -2.36. The van der Waals surface area contributed by atoms with Crippen molar-refractivity contribution in [2.24, 2.45) is 5.92 Å². The Morgan fingerprint density at radius 1 is 1.47 bits per heavy atom. The highest BCUT2D eigenvalue weighted by Gasteiger charge is 2.23. The van der Waals surface area contributed by atoms with Crippen LogP contribution in [-0.4, -0.2) is 40.7 Å². The van der Waals surface area contributed by atoms with Crippen molar-refractivity contribution < 1.29 is 14.6 Å². The monoisotopic (exact) mass is 265 g/mol. The van der Waals surface area contributed by atoms with E-state index in [9.17, 15) is 9.90 Å². The molecule has 0 radical (unpaired) electrons. The van der Waals surface area contributed by atoms with Gasteiger partial charge in [-0.05, 0) is 12.8 Å². The second-order valence-electron chi connectivity index (χ2n) is 4.77. The normalized spacial score (nSPS) is 22.8. The van der Waals surface area contributed by atoms with Crippen molar-refractivity contribution >= 4 is 5.91 Å². The SMILES string of the molecule is COc1cc(C(=O)NC[C@H]2CCCC[C@@H]2O)ncn1. The van der Waals surface area contributed by atoms with Gasteiger partial charge >= 0.3 is 0 Å². The Morgan fingerprint density at radius 3 is 3.00 bits per heavy atom. The van der Waals surface area contributed by atoms with Gasteiger partial charge in [-0.1, -0.05) is 12.8 Å². The van der Waals surface area contributed by atoms with Gasteiger partial charge in [-0.2, -0.15) is 0 Å². The number of rotatable bonds is 4. The van der Waals surface area contributed by atoms with E-state index in [2.05, 4.69) is 15.3 Å². The number of ether oxygens (including phenoxy) is 1. The average molecular weight is 265 g/mol. The Balaban J connectivity index is 1.89. The molecule has 0 saturated heterocycles. The van der Waals surface area contributed by atoms with Crippen molar-refractivity contribution in [3.63, 3.8) is 0 Å². The molecule has 1 fully saturated rings. The smallest absolute Gasteiger partial charge is 0.270 e. The van der Waals surface area contributed by atoms with E-state index in [1.54, 1.807) is 0 Å². The van der Waals surface area contributed by atoms with Gasteiger partial charge in [0.05, 0.1) is 13.2 Å². The number of nitrogens with zero attached hydrogens (tertiary/aromatic N) is 2. The van der Waals surface area contributed by atoms with Crippen LogP contribution < -0.4 is 10.1 Å². The summed E-state index contributed by atoms with van der Waals surface area (Å²) in [4.78, 5) is 19.7. The van der Waals surface area contributed by atoms with Crippen LogP contribution in [0, 0.1) is 5.92 Å². The summed E-state index contributed by atoms with van der Waals surface area (Å²) in [5, 5.41) is 12.6. The molecule has 1 aliphatic carbocycles. The number of nitrogens with one attached hydrogen (secondary N) is 1. The predicted octanol–water partition coefficient (Wildman–Crippen LogP) is 0.766. The van der Waals surface area contributed by atoms with Crippen molar-refractivity contribution in [2.75, 3.05) is 13.7 Å². The van der Waals surface area contributed by atoms with Crippen LogP contribution in [0.15, 0.2) is 12.4 Å². The van der Waals surface area contributed by atoms with E-state index in [1.165, 1.54) is 19.5 Å². The first-order valence-electron chi connectivity index (χ1n) is 6.53. The van der Waals surface area contributed by atoms with Crippen LogP contribution in [0.3, 0.4) is 0 Å². The maximum atomic E-state index is 11.9. The molecule has 0 spiro atoms. The van der Waals surface area contributed by atoms with E-state index in [4.69, 9.17) is 4.74 Å². The van der Waals surface area contributed by atoms with E-state index in [1.807, 2.05) is 0 Å². The number of aromatic nitrogens is 2. The van der Waals surface area contributed by atoms with E-state index < -0.39 is 0 Å². The third-order valence-corrected chi connectivity index (χ3v) is 3.48. The molecule has 2 atom stereocenters. The molecule has 1 heterocycles. The van der Waals surface area contributed by atoms with E-state index in [0.717, 1.165) is 25.7 Å². The number of aliphatic hydroxyl groups is 1. The summed E-state index contributed by atoms with van der Waals surface area (Å²) >= 11 is 0. The Hall–Kier alpha value is -1.69. The second kappa shape index (κ2) is 6.47. The molecule has 0 unspecified atom stereocenters. The van der Waals surface area contributed by atoms with Crippen LogP contribution >= 0.6 is 0 Å². The molecule has 19 heavy (non-hydrogen) atoms. The van der Waals surface area contributed by atoms with Crippen molar-refractivity contribution in [2.45, 2.75) is 31.8 Å². The molecule has 1 saturated carbocycles. The predicted molar refractivity (Wildman–Crippen MR) is 68.9 cm³/mol. The topological polar surface area (TPSA) is 84.3 Å². The molecular weight excluding hydrogens is 246 g/mol. The van der Waals surface area contributed by atoms with Gasteiger partial charge in [-0.3, -0.25) is 4.79 Å². The summed E-state index contributed by atoms with van der Waals surface area (Å²) in [6.45, 7) is 0.478. The van der Waals surface area contributed by atoms with Crippen LogP contribution in [0.1, 0.15) is 36.2 Å². The summed E-state index contributed by atoms with van der Waals surface area (Å²) in [5.41, 5.74) is 0.275. The molecule has 6 heteroatoms. The van der Waals surface area contributed by atoms with Gasteiger partial charge in [0.25, 0.3) is 5.91 Å². The summed E-state index contributed by atoms with van der Waals surface area (Å²) < 4.78 is 4.95. The van der Waals surface area contributed by atoms with E-state index in [0.29, 0.717) is 12.4 Å². The number of aliphatic hydroxyl groups excluding tert-OH is 1. The summed E-state index contributed by atoms with van der Waals surface area (Å²) in [6.07, 6.45) is 4.93. The van der Waals surface area contributed by atoms with Crippen molar-refractivity contribution in [3.8, 4) is 5.88 Å². The van der Waals surface area contributed by atoms with Gasteiger partial charge < -0.3 is 15.2 Å². The Morgan fingerprint density at radius 2 is 2.26 bits per heavy atom. The third kappa shape index (κ3) is 3.64. The number of amides is 1. The first-order valence-corrected chi connectivity index (χ1v) is 6.53. The van der Waals surface area contributed by atoms with Gasteiger partial charge in [0.1, 0.15) is 12.0 Å². The van der Waals surface area contributed by atoms with Crippen LogP contribution in [0.2, 0.25) is 0 Å². The second-order valence-corrected chi connectivity index (χ2v) is 4.77. The zero-order chi connectivity index (χ0) is 13.7. The maximum Gasteiger partial charge on any atom is 0.270 e. The summed E-state index contributed by atoms with van der Waals surface area (Å²) in [6, 6.07) is 1.49. The molecule has 6 nitrogen and oxygen atoms in total. The van der Waals surface area contributed by atoms with Crippen molar-refractivity contribution in [1.29, 1.82) is 0 Å². The molecule has 0 aliphatic heterocycles. The van der Waals surface area contributed by atoms with Crippen LogP contribution in [0.5, 0.6) is 5.88 Å². The Bertz CT molecular complexity index is 439. The number of hydrogen-bond donors (Lipinski definition) is 2. The first-order chi connectivity index (χ1) is 9.20. The number of hydrogen-bond acceptors (Lipinski definition) is 5. The molecule has 1 aromatic rings. The molecule has 0 aromatic carbocycles. The Kier molecular flexibility index (Phi) is 4.68. The summed E-state index contributed by atoms with van der Waals surface area (Å²) in [7, 11) is 1.49. The van der Waals surface area contributed by atoms with Gasteiger partial charge in [-0.15, -0.1) is 0 Å². The molecular formula is C13H19N3O3. The van der Waals surface area contributed by atoms with E-state index in [-0.39, 0.29) is 23.6 Å². The molecule has 1 amide bonds. The highest BCUT2D eigenvalue weighted by atomic mass is 16.5. The standard InChI is InChI=1S/C13H19N3O3/c1-19-12-6-10(15-8-16-12)13(18)14-7-9-4-2-3-5-11(9)17/h6,8-9,11,17H,2-5,7H2,1H3,(H,14,18)/t9-,11+/m1/s1. The first kappa shape index (κ1) is 13.7. The van der Waals surface area contributed by atoms with Crippen LogP contribution in [0.25, 0.3) is 0 Å². The van der Waals surface area contributed by atoms with Gasteiger partial charge in [0.15, 0.2) is 0 Å². The average Bonchev–Trinajstić information content (AvgIpc) is 2.46. The molecule has 104 valence electrons. The molecule has 0 bridgehead atoms. The van der Waals surface area contributed by atoms with Gasteiger partial charge in [0, 0.05) is 18.5 Å². The number of carbonyl (C=O) groups excluding carboxylic acids is 1. The van der Waals surface area contributed by atoms with Crippen LogP contribution in [0.4, 0.5) is 0 Å². The molecule has 2 rings (SSSR count). The molecule has 1 aromatic heterocycles. The Labute approximate surface area is 112 Å². The van der Waals surface area contributed by atoms with Crippen molar-refractivity contribution in [1.82, 2.24) is 15.3 Å². The zero-order valence-corrected chi connectivity index (χ0v) is 11.0. The minimum Gasteiger partial charge on any atom is -0.481 e. The highest BCUT2D eigenvalue weighted by molar-refractivity contribution is 5.92. The molecule has 1 aliphatic rings. The van der Waals surface area contributed by atoms with E-state index >= 15 is 0 Å². The zero-order valence-electron chi connectivity index (χ0n) is 11.0. The van der Waals surface area contributed by atoms with Gasteiger partial charge in [-0.25, -0.2) is 9.97 Å². The largest absolute Gasteiger partial charge is 0.481 e. The lowest BCUT2D eigenvalue weighted by Gasteiger charge is -2.27. The minimum atomic E-state index is -0.311. The minimum absolute atomic E-state index is 0.140. The number of carbonyl (C=O) groups is 1. The quantitative estimate of drug-likeness (QED) is 0.840. The maximum absolute atomic E-state index is 11.9. The highest BCUT2D eigenvalue weighted by Crippen LogP contribution is 2.23. The fraction of sp³-hybridized carbons (Fsp3) is 0.615. The van der Waals surface area contributed by atoms with Crippen molar-refractivity contribution in [3.05, 3.63) is 18.1 Å². The number of methoxy groups -OCH3 is 1. The lowest BCUT2D eigenvalue weighted by atomic mass is 9.86. The third-order valence-electron chi connectivity index (χ3n) is 3.48. The van der Waals surface area contributed by atoms with Crippen LogP contribution in [-0.2, 0) is 0 Å². The lowest BCUT2D eigenvalue weighted by molar-refractivity contribution is 0.0661. The molecule has 2 N–H and O–H groups in total.